The van der Waals surface area contributed by atoms with Crippen LogP contribution in [0.2, 0.25) is 5.02 Å². The van der Waals surface area contributed by atoms with Crippen LogP contribution in [0, 0.1) is 12.3 Å². The molecule has 1 unspecified atom stereocenters. The number of nitrogens with two attached hydrogens (primary N) is 1. The van der Waals surface area contributed by atoms with Crippen LogP contribution in [0.15, 0.2) is 41.3 Å². The number of rotatable bonds is 5. The van der Waals surface area contributed by atoms with E-state index in [1.54, 1.807) is 23.1 Å². The first-order valence-electron chi connectivity index (χ1n) is 9.19. The Morgan fingerprint density at radius 1 is 1.31 bits per heavy atom. The molecule has 1 aliphatic heterocycles. The summed E-state index contributed by atoms with van der Waals surface area (Å²) in [6.07, 6.45) is 1.75. The molecule has 0 aliphatic carbocycles. The maximum absolute atomic E-state index is 12.8. The van der Waals surface area contributed by atoms with Gasteiger partial charge in [0.1, 0.15) is 4.90 Å². The predicted octanol–water partition coefficient (Wildman–Crippen LogP) is 3.50. The molecular formula is C20H24ClN3O4S. The third-order valence-corrected chi connectivity index (χ3v) is 6.67. The van der Waals surface area contributed by atoms with Gasteiger partial charge in [-0.25, -0.2) is 0 Å². The van der Waals surface area contributed by atoms with Crippen LogP contribution < -0.4 is 14.7 Å². The highest BCUT2D eigenvalue weighted by Crippen LogP contribution is 2.41. The molecule has 0 aromatic heterocycles. The molecule has 1 fully saturated rings. The van der Waals surface area contributed by atoms with E-state index in [2.05, 4.69) is 0 Å². The van der Waals surface area contributed by atoms with Crippen LogP contribution in [0.25, 0.3) is 0 Å². The van der Waals surface area contributed by atoms with Gasteiger partial charge in [-0.1, -0.05) is 29.8 Å². The Morgan fingerprint density at radius 3 is 2.69 bits per heavy atom. The molecule has 1 atom stereocenters. The largest absolute Gasteiger partial charge is 0.492 e. The predicted molar refractivity (Wildman–Crippen MR) is 112 cm³/mol. The Labute approximate surface area is 176 Å². The highest BCUT2D eigenvalue weighted by Gasteiger charge is 2.29. The molecule has 156 valence electrons. The Morgan fingerprint density at radius 2 is 2.03 bits per heavy atom. The smallest absolute Gasteiger partial charge is 0.340 e. The van der Waals surface area contributed by atoms with Crippen molar-refractivity contribution < 1.29 is 17.3 Å². The van der Waals surface area contributed by atoms with Gasteiger partial charge in [0.05, 0.1) is 12.1 Å². The Kier molecular flexibility index (Phi) is 6.24. The second kappa shape index (κ2) is 8.51. The first kappa shape index (κ1) is 21.3. The molecule has 1 aliphatic rings. The molecule has 3 rings (SSSR count). The normalized spacial score (nSPS) is 17.1. The van der Waals surface area contributed by atoms with Crippen molar-refractivity contribution in [2.24, 2.45) is 5.73 Å². The Bertz CT molecular complexity index is 1030. The number of piperidine rings is 1. The van der Waals surface area contributed by atoms with Crippen LogP contribution >= 0.6 is 11.6 Å². The maximum Gasteiger partial charge on any atom is 0.340 e. The quantitative estimate of drug-likeness (QED) is 0.421. The molecule has 0 spiro atoms. The van der Waals surface area contributed by atoms with E-state index in [1.807, 2.05) is 13.0 Å². The van der Waals surface area contributed by atoms with Gasteiger partial charge in [0.25, 0.3) is 0 Å². The standard InChI is InChI=1S/C20H24ClN3O4S/c1-13-10-15(14-6-5-9-24(12-14)20(22)23)19(27-2)17(11-13)28-29(25,26)18-8-4-3-7-16(18)21/h3-4,7-8,10-11,14H,5-6,9,12H2,1-2H3,(H3,22,23). The number of hydrogen-bond acceptors (Lipinski definition) is 5. The lowest BCUT2D eigenvalue weighted by atomic mass is 9.89. The highest BCUT2D eigenvalue weighted by molar-refractivity contribution is 7.87. The van der Waals surface area contributed by atoms with Crippen molar-refractivity contribution in [1.29, 1.82) is 5.41 Å². The number of nitrogens with zero attached hydrogens (tertiary/aromatic N) is 1. The molecule has 9 heteroatoms. The molecule has 0 amide bonds. The highest BCUT2D eigenvalue weighted by atomic mass is 35.5. The zero-order chi connectivity index (χ0) is 21.2. The van der Waals surface area contributed by atoms with Crippen LogP contribution in [0.4, 0.5) is 0 Å². The number of nitrogens with one attached hydrogen (secondary N) is 1. The fraction of sp³-hybridized carbons (Fsp3) is 0.350. The molecule has 2 aromatic carbocycles. The summed E-state index contributed by atoms with van der Waals surface area (Å²) in [6.45, 7) is 3.15. The number of methoxy groups -OCH3 is 1. The molecule has 1 heterocycles. The van der Waals surface area contributed by atoms with Crippen molar-refractivity contribution in [2.45, 2.75) is 30.6 Å². The second-order valence-corrected chi connectivity index (χ2v) is 8.95. The number of ether oxygens (including phenoxy) is 1. The fourth-order valence-corrected chi connectivity index (χ4v) is 5.03. The van der Waals surface area contributed by atoms with Crippen molar-refractivity contribution >= 4 is 27.7 Å². The van der Waals surface area contributed by atoms with Crippen LogP contribution in [0.3, 0.4) is 0 Å². The lowest BCUT2D eigenvalue weighted by Crippen LogP contribution is -2.42. The van der Waals surface area contributed by atoms with Crippen molar-refractivity contribution in [3.05, 3.63) is 52.5 Å². The maximum atomic E-state index is 12.8. The van der Waals surface area contributed by atoms with E-state index >= 15 is 0 Å². The second-order valence-electron chi connectivity index (χ2n) is 7.02. The third kappa shape index (κ3) is 4.59. The lowest BCUT2D eigenvalue weighted by Gasteiger charge is -2.34. The van der Waals surface area contributed by atoms with Crippen molar-refractivity contribution in [1.82, 2.24) is 4.90 Å². The van der Waals surface area contributed by atoms with Crippen LogP contribution in [-0.2, 0) is 10.1 Å². The number of aryl methyl sites for hydroxylation is 1. The Balaban J connectivity index is 2.00. The summed E-state index contributed by atoms with van der Waals surface area (Å²) in [5.74, 6) is 0.538. The zero-order valence-electron chi connectivity index (χ0n) is 16.3. The summed E-state index contributed by atoms with van der Waals surface area (Å²) in [6, 6.07) is 9.71. The summed E-state index contributed by atoms with van der Waals surface area (Å²) in [7, 11) is -2.66. The molecule has 1 saturated heterocycles. The van der Waals surface area contributed by atoms with Crippen LogP contribution in [-0.4, -0.2) is 39.5 Å². The molecule has 2 aromatic rings. The minimum atomic E-state index is -4.14. The number of hydrogen-bond donors (Lipinski definition) is 2. The number of likely N-dealkylation sites (tertiary alicyclic amines) is 1. The van der Waals surface area contributed by atoms with Crippen LogP contribution in [0.1, 0.15) is 29.9 Å². The van der Waals surface area contributed by atoms with Gasteiger partial charge in [0, 0.05) is 24.6 Å². The average Bonchev–Trinajstić information content (AvgIpc) is 2.67. The molecule has 0 saturated carbocycles. The van der Waals surface area contributed by atoms with Gasteiger partial charge in [-0.3, -0.25) is 5.41 Å². The number of guanidine groups is 1. The van der Waals surface area contributed by atoms with E-state index in [0.29, 0.717) is 12.3 Å². The molecule has 0 bridgehead atoms. The van der Waals surface area contributed by atoms with Gasteiger partial charge in [-0.15, -0.1) is 0 Å². The van der Waals surface area contributed by atoms with Crippen molar-refractivity contribution in [3.8, 4) is 11.5 Å². The zero-order valence-corrected chi connectivity index (χ0v) is 17.9. The SMILES string of the molecule is COc1c(OS(=O)(=O)c2ccccc2Cl)cc(C)cc1C1CCCN(C(=N)N)C1. The molecule has 0 radical (unpaired) electrons. The molecular weight excluding hydrogens is 414 g/mol. The summed E-state index contributed by atoms with van der Waals surface area (Å²) in [4.78, 5) is 1.70. The minimum absolute atomic E-state index is 0.0269. The first-order valence-corrected chi connectivity index (χ1v) is 11.0. The van der Waals surface area contributed by atoms with E-state index in [1.165, 1.54) is 19.2 Å². The summed E-state index contributed by atoms with van der Waals surface area (Å²) in [5.41, 5.74) is 7.34. The minimum Gasteiger partial charge on any atom is -0.492 e. The van der Waals surface area contributed by atoms with E-state index in [-0.39, 0.29) is 27.5 Å². The average molecular weight is 438 g/mol. The van der Waals surface area contributed by atoms with E-state index in [4.69, 9.17) is 31.7 Å². The topological polar surface area (TPSA) is 106 Å². The summed E-state index contributed by atoms with van der Waals surface area (Å²) < 4.78 is 36.7. The van der Waals surface area contributed by atoms with Gasteiger partial charge in [-0.05, 0) is 43.5 Å². The van der Waals surface area contributed by atoms with E-state index < -0.39 is 10.1 Å². The van der Waals surface area contributed by atoms with Crippen molar-refractivity contribution in [3.63, 3.8) is 0 Å². The molecule has 3 N–H and O–H groups in total. The fourth-order valence-electron chi connectivity index (χ4n) is 3.61. The Hall–Kier alpha value is -2.45. The van der Waals surface area contributed by atoms with E-state index in [0.717, 1.165) is 30.5 Å². The number of halogens is 1. The summed E-state index contributed by atoms with van der Waals surface area (Å²) in [5, 5.41) is 7.80. The van der Waals surface area contributed by atoms with E-state index in [9.17, 15) is 8.42 Å². The third-order valence-electron chi connectivity index (χ3n) is 4.94. The van der Waals surface area contributed by atoms with Gasteiger partial charge in [0.15, 0.2) is 17.5 Å². The van der Waals surface area contributed by atoms with Crippen molar-refractivity contribution in [2.75, 3.05) is 20.2 Å². The van der Waals surface area contributed by atoms with Gasteiger partial charge >= 0.3 is 10.1 Å². The molecule has 7 nitrogen and oxygen atoms in total. The van der Waals surface area contributed by atoms with Gasteiger partial charge < -0.3 is 19.6 Å². The molecule has 29 heavy (non-hydrogen) atoms. The monoisotopic (exact) mass is 437 g/mol. The first-order chi connectivity index (χ1) is 13.7. The van der Waals surface area contributed by atoms with Gasteiger partial charge in [0.2, 0.25) is 0 Å². The lowest BCUT2D eigenvalue weighted by molar-refractivity contribution is 0.297. The number of benzene rings is 2. The van der Waals surface area contributed by atoms with Gasteiger partial charge in [-0.2, -0.15) is 8.42 Å². The summed E-state index contributed by atoms with van der Waals surface area (Å²) >= 11 is 6.05. The van der Waals surface area contributed by atoms with Crippen LogP contribution in [0.5, 0.6) is 11.5 Å².